The average molecular weight is 462 g/mol. The number of fused-ring (bicyclic) bond motifs is 1. The van der Waals surface area contributed by atoms with Crippen LogP contribution in [0.25, 0.3) is 11.4 Å². The van der Waals surface area contributed by atoms with E-state index in [1.165, 1.54) is 0 Å². The van der Waals surface area contributed by atoms with Gasteiger partial charge in [-0.05, 0) is 35.6 Å². The van der Waals surface area contributed by atoms with E-state index >= 15 is 0 Å². The van der Waals surface area contributed by atoms with Gasteiger partial charge in [0.1, 0.15) is 6.04 Å². The van der Waals surface area contributed by atoms with Crippen LogP contribution in [-0.2, 0) is 4.79 Å². The van der Waals surface area contributed by atoms with Crippen molar-refractivity contribution >= 4 is 11.7 Å². The van der Waals surface area contributed by atoms with Crippen LogP contribution in [0.2, 0.25) is 0 Å². The number of carbonyl (C=O) groups excluding carboxylic acids is 1. The predicted octanol–water partition coefficient (Wildman–Crippen LogP) is 4.02. The smallest absolute Gasteiger partial charge is 0.226 e. The summed E-state index contributed by atoms with van der Waals surface area (Å²) in [5.74, 6) is 2.67. The molecule has 1 unspecified atom stereocenters. The predicted molar refractivity (Wildman–Crippen MR) is 126 cm³/mol. The van der Waals surface area contributed by atoms with Crippen molar-refractivity contribution < 1.29 is 19.0 Å². The third-order valence-corrected chi connectivity index (χ3v) is 6.26. The van der Waals surface area contributed by atoms with Gasteiger partial charge in [-0.15, -0.1) is 5.10 Å². The van der Waals surface area contributed by atoms with Gasteiger partial charge >= 0.3 is 0 Å². The first kappa shape index (κ1) is 21.9. The number of hydrogen-bond acceptors (Lipinski definition) is 8. The first-order chi connectivity index (χ1) is 16.3. The maximum Gasteiger partial charge on any atom is 0.226 e. The summed E-state index contributed by atoms with van der Waals surface area (Å²) in [5, 5.41) is 8.22. The van der Waals surface area contributed by atoms with Crippen LogP contribution in [0.3, 0.4) is 0 Å². The van der Waals surface area contributed by atoms with Gasteiger partial charge in [-0.25, -0.2) is 4.68 Å². The van der Waals surface area contributed by atoms with Crippen LogP contribution in [0.1, 0.15) is 38.3 Å². The number of nitrogens with one attached hydrogen (secondary N) is 1. The SMILES string of the molecule is COc1cc(-c2nc3n(n2)C(c2cccnc2)C2=C(CC(C)(C)CC2=O)N3)cc(OC)c1OC. The Morgan fingerprint density at radius 1 is 1.09 bits per heavy atom. The van der Waals surface area contributed by atoms with E-state index in [2.05, 4.69) is 24.1 Å². The highest BCUT2D eigenvalue weighted by Crippen LogP contribution is 2.46. The number of pyridine rings is 1. The lowest BCUT2D eigenvalue weighted by molar-refractivity contribution is -0.118. The third-order valence-electron chi connectivity index (χ3n) is 6.26. The number of aromatic nitrogens is 4. The number of Topliss-reactive ketones (excluding diaryl/α,β-unsaturated/α-hetero) is 1. The van der Waals surface area contributed by atoms with E-state index in [1.54, 1.807) is 38.4 Å². The summed E-state index contributed by atoms with van der Waals surface area (Å²) in [5.41, 5.74) is 3.07. The summed E-state index contributed by atoms with van der Waals surface area (Å²) in [6, 6.07) is 7.04. The summed E-state index contributed by atoms with van der Waals surface area (Å²) < 4.78 is 18.2. The topological polar surface area (TPSA) is 100 Å². The number of hydrogen-bond donors (Lipinski definition) is 1. The summed E-state index contributed by atoms with van der Waals surface area (Å²) in [7, 11) is 4.70. The lowest BCUT2D eigenvalue weighted by atomic mass is 9.73. The van der Waals surface area contributed by atoms with Gasteiger partial charge in [-0.2, -0.15) is 4.98 Å². The standard InChI is InChI=1S/C25H27N5O4/c1-25(2)11-16-20(17(31)12-25)21(14-7-6-8-26-13-14)30-24(27-16)28-23(29-30)15-9-18(32-3)22(34-5)19(10-15)33-4/h6-10,13,21H,11-12H2,1-5H3,(H,27,28,29). The second kappa shape index (κ2) is 8.16. The highest BCUT2D eigenvalue weighted by molar-refractivity contribution is 6.00. The van der Waals surface area contributed by atoms with Crippen LogP contribution >= 0.6 is 0 Å². The van der Waals surface area contributed by atoms with Gasteiger partial charge in [0.15, 0.2) is 23.1 Å². The number of ether oxygens (including phenoxy) is 3. The number of nitrogens with zero attached hydrogens (tertiary/aromatic N) is 4. The van der Waals surface area contributed by atoms with Crippen molar-refractivity contribution in [1.29, 1.82) is 0 Å². The Labute approximate surface area is 197 Å². The maximum atomic E-state index is 13.3. The quantitative estimate of drug-likeness (QED) is 0.608. The van der Waals surface area contributed by atoms with E-state index in [0.717, 1.165) is 23.3 Å². The normalized spacial score (nSPS) is 18.6. The van der Waals surface area contributed by atoms with E-state index < -0.39 is 6.04 Å². The van der Waals surface area contributed by atoms with Gasteiger partial charge in [-0.3, -0.25) is 9.78 Å². The van der Waals surface area contributed by atoms with Crippen molar-refractivity contribution in [2.45, 2.75) is 32.7 Å². The molecule has 1 aliphatic carbocycles. The molecule has 1 aromatic carbocycles. The minimum atomic E-state index is -0.410. The molecule has 0 fully saturated rings. The highest BCUT2D eigenvalue weighted by Gasteiger charge is 2.42. The summed E-state index contributed by atoms with van der Waals surface area (Å²) in [4.78, 5) is 22.4. The maximum absolute atomic E-state index is 13.3. The van der Waals surface area contributed by atoms with Crippen LogP contribution < -0.4 is 19.5 Å². The fourth-order valence-corrected chi connectivity index (χ4v) is 4.79. The number of methoxy groups -OCH3 is 3. The number of ketones is 1. The molecule has 0 spiro atoms. The lowest BCUT2D eigenvalue weighted by Gasteiger charge is -2.38. The zero-order chi connectivity index (χ0) is 24.0. The van der Waals surface area contributed by atoms with Gasteiger partial charge in [-0.1, -0.05) is 19.9 Å². The van der Waals surface area contributed by atoms with Gasteiger partial charge < -0.3 is 19.5 Å². The molecule has 1 aliphatic heterocycles. The number of anilines is 1. The second-order valence-corrected chi connectivity index (χ2v) is 9.26. The molecule has 2 aromatic heterocycles. The van der Waals surface area contributed by atoms with Crippen molar-refractivity contribution in [3.8, 4) is 28.6 Å². The van der Waals surface area contributed by atoms with Crippen LogP contribution in [0, 0.1) is 5.41 Å². The summed E-state index contributed by atoms with van der Waals surface area (Å²) in [6.45, 7) is 4.21. The molecular formula is C25H27N5O4. The largest absolute Gasteiger partial charge is 0.493 e. The minimum Gasteiger partial charge on any atom is -0.493 e. The molecule has 1 atom stereocenters. The Bertz CT molecular complexity index is 1270. The Kier molecular flexibility index (Phi) is 5.27. The fourth-order valence-electron chi connectivity index (χ4n) is 4.79. The fraction of sp³-hybridized carbons (Fsp3) is 0.360. The van der Waals surface area contributed by atoms with Crippen LogP contribution in [0.5, 0.6) is 17.2 Å². The van der Waals surface area contributed by atoms with Gasteiger partial charge in [0, 0.05) is 35.6 Å². The molecule has 1 N–H and O–H groups in total. The number of allylic oxidation sites excluding steroid dienone is 2. The molecule has 0 saturated heterocycles. The molecule has 0 amide bonds. The van der Waals surface area contributed by atoms with Crippen LogP contribution in [0.4, 0.5) is 5.95 Å². The molecule has 0 saturated carbocycles. The number of rotatable bonds is 5. The van der Waals surface area contributed by atoms with Crippen molar-refractivity contribution in [3.63, 3.8) is 0 Å². The Morgan fingerprint density at radius 3 is 2.44 bits per heavy atom. The molecule has 3 heterocycles. The van der Waals surface area contributed by atoms with E-state index in [4.69, 9.17) is 24.3 Å². The molecule has 2 aliphatic rings. The van der Waals surface area contributed by atoms with Crippen molar-refractivity contribution in [1.82, 2.24) is 19.7 Å². The molecule has 176 valence electrons. The Balaban J connectivity index is 1.67. The number of carbonyl (C=O) groups is 1. The van der Waals surface area contributed by atoms with Crippen LogP contribution in [0.15, 0.2) is 47.9 Å². The van der Waals surface area contributed by atoms with Crippen molar-refractivity contribution in [3.05, 3.63) is 53.5 Å². The minimum absolute atomic E-state index is 0.114. The molecule has 9 heteroatoms. The second-order valence-electron chi connectivity index (χ2n) is 9.26. The summed E-state index contributed by atoms with van der Waals surface area (Å²) in [6.07, 6.45) is 4.72. The van der Waals surface area contributed by atoms with Gasteiger partial charge in [0.25, 0.3) is 0 Å². The molecule has 5 rings (SSSR count). The van der Waals surface area contributed by atoms with E-state index in [9.17, 15) is 4.79 Å². The highest BCUT2D eigenvalue weighted by atomic mass is 16.5. The zero-order valence-electron chi connectivity index (χ0n) is 19.9. The van der Waals surface area contributed by atoms with Crippen molar-refractivity contribution in [2.24, 2.45) is 5.41 Å². The zero-order valence-corrected chi connectivity index (χ0v) is 19.9. The third kappa shape index (κ3) is 3.57. The van der Waals surface area contributed by atoms with E-state index in [0.29, 0.717) is 41.0 Å². The first-order valence-electron chi connectivity index (χ1n) is 11.1. The molecule has 34 heavy (non-hydrogen) atoms. The molecule has 0 radical (unpaired) electrons. The monoisotopic (exact) mass is 461 g/mol. The van der Waals surface area contributed by atoms with Crippen LogP contribution in [-0.4, -0.2) is 46.9 Å². The Hall–Kier alpha value is -3.88. The average Bonchev–Trinajstić information content (AvgIpc) is 3.25. The van der Waals surface area contributed by atoms with Gasteiger partial charge in [0.2, 0.25) is 11.7 Å². The van der Waals surface area contributed by atoms with Gasteiger partial charge in [0.05, 0.1) is 21.3 Å². The molecule has 9 nitrogen and oxygen atoms in total. The number of benzene rings is 1. The van der Waals surface area contributed by atoms with Crippen molar-refractivity contribution in [2.75, 3.05) is 26.6 Å². The first-order valence-corrected chi connectivity index (χ1v) is 11.1. The lowest BCUT2D eigenvalue weighted by Crippen LogP contribution is -2.36. The van der Waals surface area contributed by atoms with E-state index in [1.807, 2.05) is 24.3 Å². The van der Waals surface area contributed by atoms with E-state index in [-0.39, 0.29) is 11.2 Å². The molecule has 3 aromatic rings. The summed E-state index contributed by atoms with van der Waals surface area (Å²) >= 11 is 0. The molecule has 0 bridgehead atoms. The Morgan fingerprint density at radius 2 is 1.82 bits per heavy atom. The molecular weight excluding hydrogens is 434 g/mol.